The number of nitriles is 1. The number of H-pyrrole nitrogens is 1. The van der Waals surface area contributed by atoms with Gasteiger partial charge in [0.15, 0.2) is 6.61 Å². The van der Waals surface area contributed by atoms with Crippen molar-refractivity contribution in [3.8, 4) is 11.8 Å². The summed E-state index contributed by atoms with van der Waals surface area (Å²) >= 11 is 0. The van der Waals surface area contributed by atoms with Gasteiger partial charge in [-0.1, -0.05) is 0 Å². The molecule has 0 bridgehead atoms. The monoisotopic (exact) mass is 270 g/mol. The molecule has 1 heterocycles. The van der Waals surface area contributed by atoms with Crippen molar-refractivity contribution in [1.82, 2.24) is 15.3 Å². The number of ether oxygens (including phenoxy) is 1. The second kappa shape index (κ2) is 6.95. The van der Waals surface area contributed by atoms with E-state index in [1.54, 1.807) is 36.8 Å². The molecule has 20 heavy (non-hydrogen) atoms. The third kappa shape index (κ3) is 4.14. The van der Waals surface area contributed by atoms with Crippen molar-refractivity contribution in [2.45, 2.75) is 6.42 Å². The molecule has 0 unspecified atom stereocenters. The maximum atomic E-state index is 11.6. The van der Waals surface area contributed by atoms with Gasteiger partial charge in [-0.2, -0.15) is 5.26 Å². The fourth-order valence-electron chi connectivity index (χ4n) is 1.58. The normalized spacial score (nSPS) is 9.75. The number of rotatable bonds is 6. The summed E-state index contributed by atoms with van der Waals surface area (Å²) in [4.78, 5) is 18.4. The van der Waals surface area contributed by atoms with Crippen LogP contribution in [0.15, 0.2) is 36.8 Å². The summed E-state index contributed by atoms with van der Waals surface area (Å²) in [6.45, 7) is 0.479. The first-order chi connectivity index (χ1) is 9.78. The molecule has 0 aliphatic carbocycles. The fraction of sp³-hybridized carbons (Fsp3) is 0.214. The number of imidazole rings is 1. The van der Waals surface area contributed by atoms with E-state index < -0.39 is 0 Å². The molecule has 102 valence electrons. The summed E-state index contributed by atoms with van der Waals surface area (Å²) < 4.78 is 5.31. The Labute approximate surface area is 116 Å². The van der Waals surface area contributed by atoms with Crippen LogP contribution in [0, 0.1) is 11.3 Å². The molecular formula is C14H14N4O2. The molecule has 2 N–H and O–H groups in total. The van der Waals surface area contributed by atoms with Gasteiger partial charge in [0.2, 0.25) is 0 Å². The molecule has 0 atom stereocenters. The number of hydrogen-bond acceptors (Lipinski definition) is 4. The van der Waals surface area contributed by atoms with Crippen molar-refractivity contribution in [3.63, 3.8) is 0 Å². The van der Waals surface area contributed by atoms with Gasteiger partial charge >= 0.3 is 0 Å². The van der Waals surface area contributed by atoms with Crippen molar-refractivity contribution < 1.29 is 9.53 Å². The van der Waals surface area contributed by atoms with Crippen LogP contribution in [0.1, 0.15) is 11.3 Å². The standard InChI is InChI=1S/C14H14N4O2/c15-7-11-1-3-13(4-2-11)20-9-14(19)17-6-5-12-8-16-10-18-12/h1-4,8,10H,5-6,9H2,(H,16,18)(H,17,19). The quantitative estimate of drug-likeness (QED) is 0.819. The number of carbonyl (C=O) groups is 1. The minimum absolute atomic E-state index is 0.0467. The third-order valence-corrected chi connectivity index (χ3v) is 2.62. The Morgan fingerprint density at radius 2 is 2.20 bits per heavy atom. The first-order valence-electron chi connectivity index (χ1n) is 6.15. The van der Waals surface area contributed by atoms with Crippen molar-refractivity contribution in [2.24, 2.45) is 0 Å². The number of nitrogens with zero attached hydrogens (tertiary/aromatic N) is 2. The molecule has 0 fully saturated rings. The number of hydrogen-bond donors (Lipinski definition) is 2. The van der Waals surface area contributed by atoms with E-state index in [4.69, 9.17) is 10.00 Å². The zero-order valence-corrected chi connectivity index (χ0v) is 10.8. The molecule has 6 heteroatoms. The summed E-state index contributed by atoms with van der Waals surface area (Å²) in [5.74, 6) is 0.376. The van der Waals surface area contributed by atoms with E-state index in [1.165, 1.54) is 0 Å². The Hall–Kier alpha value is -2.81. The van der Waals surface area contributed by atoms with Crippen molar-refractivity contribution in [2.75, 3.05) is 13.2 Å². The lowest BCUT2D eigenvalue weighted by atomic mass is 10.2. The smallest absolute Gasteiger partial charge is 0.257 e. The van der Waals surface area contributed by atoms with Gasteiger partial charge in [0.05, 0.1) is 18.0 Å². The van der Waals surface area contributed by atoms with E-state index in [0.29, 0.717) is 24.3 Å². The van der Waals surface area contributed by atoms with Gasteiger partial charge < -0.3 is 15.0 Å². The van der Waals surface area contributed by atoms with E-state index >= 15 is 0 Å². The lowest BCUT2D eigenvalue weighted by Gasteiger charge is -2.07. The Balaban J connectivity index is 1.68. The molecule has 0 radical (unpaired) electrons. The number of nitrogens with one attached hydrogen (secondary N) is 2. The average molecular weight is 270 g/mol. The highest BCUT2D eigenvalue weighted by Gasteiger charge is 2.03. The molecule has 2 rings (SSSR count). The first kappa shape index (κ1) is 13.6. The summed E-state index contributed by atoms with van der Waals surface area (Å²) in [6, 6.07) is 8.63. The maximum Gasteiger partial charge on any atom is 0.257 e. The molecule has 6 nitrogen and oxygen atoms in total. The van der Waals surface area contributed by atoms with Crippen LogP contribution in [-0.2, 0) is 11.2 Å². The van der Waals surface area contributed by atoms with Gasteiger partial charge in [0, 0.05) is 24.9 Å². The zero-order chi connectivity index (χ0) is 14.2. The first-order valence-corrected chi connectivity index (χ1v) is 6.15. The van der Waals surface area contributed by atoms with Crippen molar-refractivity contribution in [1.29, 1.82) is 5.26 Å². The van der Waals surface area contributed by atoms with Crippen LogP contribution < -0.4 is 10.1 Å². The number of aromatic amines is 1. The Bertz CT molecular complexity index is 585. The molecule has 0 saturated carbocycles. The van der Waals surface area contributed by atoms with E-state index in [9.17, 15) is 4.79 Å². The predicted octanol–water partition coefficient (Wildman–Crippen LogP) is 1.02. The third-order valence-electron chi connectivity index (χ3n) is 2.62. The predicted molar refractivity (Wildman–Crippen MR) is 72.0 cm³/mol. The van der Waals surface area contributed by atoms with Gasteiger partial charge in [0.1, 0.15) is 5.75 Å². The molecule has 1 amide bonds. The summed E-state index contributed by atoms with van der Waals surface area (Å²) in [7, 11) is 0. The van der Waals surface area contributed by atoms with Crippen LogP contribution >= 0.6 is 0 Å². The van der Waals surface area contributed by atoms with Crippen LogP contribution in [0.5, 0.6) is 5.75 Å². The van der Waals surface area contributed by atoms with Gasteiger partial charge in [0.25, 0.3) is 5.91 Å². The number of aromatic nitrogens is 2. The van der Waals surface area contributed by atoms with E-state index in [-0.39, 0.29) is 12.5 Å². The maximum absolute atomic E-state index is 11.6. The van der Waals surface area contributed by atoms with Gasteiger partial charge in [-0.25, -0.2) is 4.98 Å². The highest BCUT2D eigenvalue weighted by atomic mass is 16.5. The molecule has 0 spiro atoms. The van der Waals surface area contributed by atoms with Gasteiger partial charge in [-0.3, -0.25) is 4.79 Å². The number of amides is 1. The fourth-order valence-corrected chi connectivity index (χ4v) is 1.58. The second-order valence-corrected chi connectivity index (χ2v) is 4.10. The molecule has 0 aliphatic rings. The highest BCUT2D eigenvalue weighted by Crippen LogP contribution is 2.11. The largest absolute Gasteiger partial charge is 0.484 e. The molecule has 2 aromatic rings. The molecule has 0 saturated heterocycles. The van der Waals surface area contributed by atoms with Crippen LogP contribution in [-0.4, -0.2) is 29.0 Å². The van der Waals surface area contributed by atoms with E-state index in [1.807, 2.05) is 6.07 Å². The number of benzene rings is 1. The topological polar surface area (TPSA) is 90.8 Å². The van der Waals surface area contributed by atoms with Crippen LogP contribution in [0.2, 0.25) is 0 Å². The van der Waals surface area contributed by atoms with Crippen LogP contribution in [0.3, 0.4) is 0 Å². The molecule has 0 aliphatic heterocycles. The minimum atomic E-state index is -0.186. The average Bonchev–Trinajstić information content (AvgIpc) is 2.99. The summed E-state index contributed by atoms with van der Waals surface area (Å²) in [5, 5.41) is 11.4. The van der Waals surface area contributed by atoms with E-state index in [2.05, 4.69) is 15.3 Å². The summed E-state index contributed by atoms with van der Waals surface area (Å²) in [6.07, 6.45) is 4.02. The summed E-state index contributed by atoms with van der Waals surface area (Å²) in [5.41, 5.74) is 1.53. The second-order valence-electron chi connectivity index (χ2n) is 4.10. The molecule has 1 aromatic carbocycles. The van der Waals surface area contributed by atoms with Crippen molar-refractivity contribution in [3.05, 3.63) is 48.0 Å². The van der Waals surface area contributed by atoms with Crippen molar-refractivity contribution >= 4 is 5.91 Å². The molecular weight excluding hydrogens is 256 g/mol. The van der Waals surface area contributed by atoms with E-state index in [0.717, 1.165) is 5.69 Å². The highest BCUT2D eigenvalue weighted by molar-refractivity contribution is 5.77. The van der Waals surface area contributed by atoms with Gasteiger partial charge in [-0.15, -0.1) is 0 Å². The number of carbonyl (C=O) groups excluding carboxylic acids is 1. The van der Waals surface area contributed by atoms with Gasteiger partial charge in [-0.05, 0) is 24.3 Å². The lowest BCUT2D eigenvalue weighted by Crippen LogP contribution is -2.30. The molecule has 1 aromatic heterocycles. The van der Waals surface area contributed by atoms with Crippen LogP contribution in [0.25, 0.3) is 0 Å². The lowest BCUT2D eigenvalue weighted by molar-refractivity contribution is -0.123. The Morgan fingerprint density at radius 1 is 1.40 bits per heavy atom. The zero-order valence-electron chi connectivity index (χ0n) is 10.8. The Kier molecular flexibility index (Phi) is 4.73. The Morgan fingerprint density at radius 3 is 2.85 bits per heavy atom. The van der Waals surface area contributed by atoms with Crippen LogP contribution in [0.4, 0.5) is 0 Å². The SMILES string of the molecule is N#Cc1ccc(OCC(=O)NCCc2cnc[nH]2)cc1. The minimum Gasteiger partial charge on any atom is -0.484 e.